The zero-order valence-electron chi connectivity index (χ0n) is 25.5. The van der Waals surface area contributed by atoms with Crippen LogP contribution in [0.15, 0.2) is 42.5 Å². The van der Waals surface area contributed by atoms with Crippen LogP contribution < -0.4 is 15.3 Å². The molecule has 2 aromatic carbocycles. The lowest BCUT2D eigenvalue weighted by atomic mass is 10.0. The van der Waals surface area contributed by atoms with Crippen LogP contribution in [0.2, 0.25) is 15.2 Å². The summed E-state index contributed by atoms with van der Waals surface area (Å²) in [7, 11) is -7.60. The summed E-state index contributed by atoms with van der Waals surface area (Å²) < 4.78 is 55.9. The maximum Gasteiger partial charge on any atom is 0.361 e. The van der Waals surface area contributed by atoms with Gasteiger partial charge in [0.25, 0.3) is 0 Å². The average Bonchev–Trinajstić information content (AvgIpc) is 3.49. The second-order valence-electron chi connectivity index (χ2n) is 9.80. The number of nitrogens with zero attached hydrogens (tertiary/aromatic N) is 1. The minimum Gasteiger partial charge on any atom is -0.507 e. The molecule has 0 fully saturated rings. The van der Waals surface area contributed by atoms with Gasteiger partial charge in [-0.05, 0) is 70.2 Å². The van der Waals surface area contributed by atoms with Crippen molar-refractivity contribution in [2.45, 2.75) is 27.7 Å². The maximum atomic E-state index is 14.1. The van der Waals surface area contributed by atoms with Gasteiger partial charge in [-0.15, -0.1) is 0 Å². The molecular weight excluding hydrogens is 717 g/mol. The number of rotatable bonds is 12. The summed E-state index contributed by atoms with van der Waals surface area (Å²) in [4.78, 5) is 30.8. The summed E-state index contributed by atoms with van der Waals surface area (Å²) in [6.45, 7) is 6.92. The molecule has 47 heavy (non-hydrogen) atoms. The van der Waals surface area contributed by atoms with Gasteiger partial charge in [0.2, 0.25) is 17.4 Å². The quantitative estimate of drug-likeness (QED) is 0.0954. The van der Waals surface area contributed by atoms with Crippen LogP contribution >= 0.6 is 50.0 Å². The molecule has 0 spiro atoms. The summed E-state index contributed by atoms with van der Waals surface area (Å²) >= 11 is 19.6. The molecule has 0 unspecified atom stereocenters. The minimum absolute atomic E-state index is 0.0294. The molecular formula is C30H29Cl3N2O10P2. The Bertz CT molecular complexity index is 1970. The summed E-state index contributed by atoms with van der Waals surface area (Å²) in [5.74, 6) is -2.14. The van der Waals surface area contributed by atoms with E-state index in [0.29, 0.717) is 0 Å². The van der Waals surface area contributed by atoms with E-state index in [2.05, 4.69) is 4.98 Å². The SMILES string of the molecule is CCOP(=O)(OCC)c1ccc(C(=O)c2cc(Cl)c3n2-c2c([nH]c(Cl)c2Cl)C(=O)c2ccc(P(=O)(OCC)OCC)cc2O3)c(O)c1. The third kappa shape index (κ3) is 6.35. The first-order chi connectivity index (χ1) is 22.3. The topological polar surface area (TPSA) is 155 Å². The number of ether oxygens (including phenoxy) is 1. The van der Waals surface area contributed by atoms with Crippen LogP contribution in [-0.2, 0) is 27.2 Å². The number of fused-ring (bicyclic) bond motifs is 4. The monoisotopic (exact) mass is 744 g/mol. The first-order valence-corrected chi connectivity index (χ1v) is 18.6. The molecule has 0 atom stereocenters. The van der Waals surface area contributed by atoms with Gasteiger partial charge in [-0.25, -0.2) is 0 Å². The normalized spacial score (nSPS) is 13.0. The predicted molar refractivity (Wildman–Crippen MR) is 178 cm³/mol. The molecule has 250 valence electrons. The molecule has 3 heterocycles. The van der Waals surface area contributed by atoms with E-state index in [1.165, 1.54) is 41.0 Å². The van der Waals surface area contributed by atoms with E-state index in [1.54, 1.807) is 27.7 Å². The number of carbonyl (C=O) groups is 2. The Balaban J connectivity index is 1.70. The number of nitrogens with one attached hydrogen (secondary N) is 1. The van der Waals surface area contributed by atoms with Gasteiger partial charge in [-0.3, -0.25) is 23.3 Å². The largest absolute Gasteiger partial charge is 0.507 e. The number of aromatic hydroxyl groups is 1. The predicted octanol–water partition coefficient (Wildman–Crippen LogP) is 7.82. The fourth-order valence-corrected chi connectivity index (χ4v) is 8.83. The summed E-state index contributed by atoms with van der Waals surface area (Å²) in [5, 5.41) is 10.8. The highest BCUT2D eigenvalue weighted by atomic mass is 35.5. The van der Waals surface area contributed by atoms with Gasteiger partial charge in [0, 0.05) is 0 Å². The third-order valence-corrected chi connectivity index (χ3v) is 12.2. The molecule has 0 radical (unpaired) electrons. The van der Waals surface area contributed by atoms with Gasteiger partial charge in [0.1, 0.15) is 32.4 Å². The number of ketones is 2. The van der Waals surface area contributed by atoms with E-state index in [9.17, 15) is 23.8 Å². The van der Waals surface area contributed by atoms with Crippen LogP contribution in [0.25, 0.3) is 5.69 Å². The molecule has 0 amide bonds. The first-order valence-electron chi connectivity index (χ1n) is 14.4. The van der Waals surface area contributed by atoms with Crippen LogP contribution in [0.5, 0.6) is 17.4 Å². The van der Waals surface area contributed by atoms with E-state index >= 15 is 0 Å². The van der Waals surface area contributed by atoms with E-state index in [-0.39, 0.29) is 92.1 Å². The van der Waals surface area contributed by atoms with Crippen LogP contribution in [0.1, 0.15) is 59.8 Å². The Labute approximate surface area is 284 Å². The highest BCUT2D eigenvalue weighted by molar-refractivity contribution is 7.62. The lowest BCUT2D eigenvalue weighted by Gasteiger charge is -2.22. The number of aromatic amines is 1. The van der Waals surface area contributed by atoms with Crippen molar-refractivity contribution in [1.29, 1.82) is 0 Å². The van der Waals surface area contributed by atoms with Gasteiger partial charge < -0.3 is 32.9 Å². The van der Waals surface area contributed by atoms with Crippen molar-refractivity contribution in [1.82, 2.24) is 9.55 Å². The van der Waals surface area contributed by atoms with Gasteiger partial charge in [-0.1, -0.05) is 34.8 Å². The van der Waals surface area contributed by atoms with E-state index in [1.807, 2.05) is 0 Å². The molecule has 2 aromatic heterocycles. The van der Waals surface area contributed by atoms with E-state index < -0.39 is 32.5 Å². The van der Waals surface area contributed by atoms with Gasteiger partial charge in [0.15, 0.2) is 0 Å². The lowest BCUT2D eigenvalue weighted by Crippen LogP contribution is -2.18. The zero-order valence-corrected chi connectivity index (χ0v) is 29.5. The number of phenols is 1. The summed E-state index contributed by atoms with van der Waals surface area (Å²) in [5.41, 5.74) is -0.501. The number of benzene rings is 2. The second kappa shape index (κ2) is 13.9. The number of hydrogen-bond donors (Lipinski definition) is 2. The first kappa shape index (κ1) is 35.4. The molecule has 0 saturated carbocycles. The van der Waals surface area contributed by atoms with Crippen LogP contribution in [0.4, 0.5) is 0 Å². The van der Waals surface area contributed by atoms with Gasteiger partial charge >= 0.3 is 15.2 Å². The van der Waals surface area contributed by atoms with Crippen molar-refractivity contribution in [2.75, 3.05) is 26.4 Å². The molecule has 4 aromatic rings. The molecule has 5 rings (SSSR count). The molecule has 1 aliphatic heterocycles. The molecule has 2 N–H and O–H groups in total. The van der Waals surface area contributed by atoms with Crippen molar-refractivity contribution in [3.8, 4) is 23.1 Å². The van der Waals surface area contributed by atoms with Crippen LogP contribution in [0.3, 0.4) is 0 Å². The van der Waals surface area contributed by atoms with Gasteiger partial charge in [-0.2, -0.15) is 0 Å². The van der Waals surface area contributed by atoms with Crippen LogP contribution in [-0.4, -0.2) is 52.7 Å². The standard InChI is InChI=1S/C30H29Cl3N2O10P2/c1-5-41-46(39,42-6-2)16-9-11-18(22(36)13-16)27(37)21-15-20(31)30-35(21)26-24(32)29(33)34-25(26)28(38)19-12-10-17(14-23(19)45-30)47(40,43-7-3)44-8-4/h9-15,34,36H,5-8H2,1-4H3. The summed E-state index contributed by atoms with van der Waals surface area (Å²) in [6, 6.07) is 9.15. The Morgan fingerprint density at radius 1 is 0.872 bits per heavy atom. The average molecular weight is 746 g/mol. The van der Waals surface area contributed by atoms with E-state index in [4.69, 9.17) is 57.6 Å². The lowest BCUT2D eigenvalue weighted by molar-refractivity contribution is 0.101. The zero-order chi connectivity index (χ0) is 34.3. The number of halogens is 3. The smallest absolute Gasteiger partial charge is 0.361 e. The maximum absolute atomic E-state index is 14.1. The number of H-pyrrole nitrogens is 1. The second-order valence-corrected chi connectivity index (χ2v) is 15.0. The van der Waals surface area contributed by atoms with Crippen molar-refractivity contribution in [3.63, 3.8) is 0 Å². The van der Waals surface area contributed by atoms with Crippen LogP contribution in [0, 0.1) is 0 Å². The molecule has 0 bridgehead atoms. The Morgan fingerprint density at radius 3 is 1.98 bits per heavy atom. The molecule has 12 nitrogen and oxygen atoms in total. The minimum atomic E-state index is -3.81. The number of aromatic nitrogens is 2. The fourth-order valence-electron chi connectivity index (χ4n) is 5.02. The summed E-state index contributed by atoms with van der Waals surface area (Å²) in [6.07, 6.45) is 0. The number of hydrogen-bond acceptors (Lipinski definition) is 10. The molecule has 17 heteroatoms. The van der Waals surface area contributed by atoms with Gasteiger partial charge in [0.05, 0.1) is 59.5 Å². The van der Waals surface area contributed by atoms with Crippen molar-refractivity contribution in [2.24, 2.45) is 0 Å². The highest BCUT2D eigenvalue weighted by Gasteiger charge is 2.37. The Kier molecular flexibility index (Phi) is 10.5. The molecule has 0 aliphatic carbocycles. The van der Waals surface area contributed by atoms with Crippen molar-refractivity contribution < 1.29 is 46.7 Å². The van der Waals surface area contributed by atoms with Crippen molar-refractivity contribution in [3.05, 3.63) is 80.2 Å². The number of phenolic OH excluding ortho intramolecular Hbond substituents is 1. The van der Waals surface area contributed by atoms with E-state index in [0.717, 1.165) is 6.07 Å². The molecule has 1 aliphatic rings. The fraction of sp³-hybridized carbons (Fsp3) is 0.267. The number of carbonyl (C=O) groups excluding carboxylic acids is 2. The Morgan fingerprint density at radius 2 is 1.43 bits per heavy atom. The third-order valence-electron chi connectivity index (χ3n) is 6.94. The highest BCUT2D eigenvalue weighted by Crippen LogP contribution is 2.50. The van der Waals surface area contributed by atoms with Crippen molar-refractivity contribution >= 4 is 72.2 Å². The molecule has 0 saturated heterocycles. The Hall–Kier alpha value is -2.89.